The van der Waals surface area contributed by atoms with Gasteiger partial charge >= 0.3 is 0 Å². The molecule has 1 fully saturated rings. The molecule has 0 unspecified atom stereocenters. The Kier molecular flexibility index (Phi) is 3.97. The molecular formula is C19H20N4OS. The summed E-state index contributed by atoms with van der Waals surface area (Å²) in [4.78, 5) is 21.2. The number of fused-ring (bicyclic) bond motifs is 1. The molecule has 5 nitrogen and oxygen atoms in total. The molecule has 25 heavy (non-hydrogen) atoms. The smallest absolute Gasteiger partial charge is 0.225 e. The number of aryl methyl sites for hydroxylation is 1. The van der Waals surface area contributed by atoms with E-state index in [-0.39, 0.29) is 11.8 Å². The summed E-state index contributed by atoms with van der Waals surface area (Å²) in [6, 6.07) is 6.39. The Morgan fingerprint density at radius 1 is 1.48 bits per heavy atom. The van der Waals surface area contributed by atoms with Crippen molar-refractivity contribution in [3.63, 3.8) is 0 Å². The van der Waals surface area contributed by atoms with Crippen LogP contribution in [0.2, 0.25) is 0 Å². The third kappa shape index (κ3) is 2.79. The van der Waals surface area contributed by atoms with Crippen molar-refractivity contribution in [3.8, 4) is 16.5 Å². The fraction of sp³-hybridized carbons (Fsp3) is 0.421. The Morgan fingerprint density at radius 3 is 2.92 bits per heavy atom. The maximum Gasteiger partial charge on any atom is 0.225 e. The number of carbonyl (C=O) groups is 1. The van der Waals surface area contributed by atoms with Crippen LogP contribution in [0.25, 0.3) is 10.4 Å². The standard InChI is InChI=1S/C19H20N4OS/c1-2-12-5-6-16(25-12)17-13(9-20)18(21)22-15-7-8-23(10-14(15)17)19(24)11-3-4-11/h5-6,11H,2-4,7-8,10H2,1H3,(H2,21,22). The Labute approximate surface area is 151 Å². The first-order chi connectivity index (χ1) is 12.1. The van der Waals surface area contributed by atoms with Gasteiger partial charge in [-0.25, -0.2) is 4.98 Å². The molecule has 6 heteroatoms. The summed E-state index contributed by atoms with van der Waals surface area (Å²) < 4.78 is 0. The molecule has 3 heterocycles. The lowest BCUT2D eigenvalue weighted by molar-refractivity contribution is -0.133. The van der Waals surface area contributed by atoms with Gasteiger partial charge in [-0.1, -0.05) is 6.92 Å². The van der Waals surface area contributed by atoms with Crippen LogP contribution >= 0.6 is 11.3 Å². The maximum atomic E-state index is 12.5. The molecule has 2 aromatic rings. The number of anilines is 1. The SMILES string of the molecule is CCc1ccc(-c2c(C#N)c(N)nc3c2CN(C(=O)C2CC2)CC3)s1. The summed E-state index contributed by atoms with van der Waals surface area (Å²) in [5.74, 6) is 0.743. The molecule has 0 spiro atoms. The van der Waals surface area contributed by atoms with Crippen LogP contribution in [0.4, 0.5) is 5.82 Å². The summed E-state index contributed by atoms with van der Waals surface area (Å²) in [7, 11) is 0. The van der Waals surface area contributed by atoms with Crippen LogP contribution < -0.4 is 5.73 Å². The molecule has 0 bridgehead atoms. The van der Waals surface area contributed by atoms with Crippen molar-refractivity contribution in [2.24, 2.45) is 5.92 Å². The predicted octanol–water partition coefficient (Wildman–Crippen LogP) is 3.12. The number of nitrogen functional groups attached to an aromatic ring is 1. The van der Waals surface area contributed by atoms with Crippen molar-refractivity contribution in [1.82, 2.24) is 9.88 Å². The Morgan fingerprint density at radius 2 is 2.28 bits per heavy atom. The fourth-order valence-electron chi connectivity index (χ4n) is 3.44. The number of nitrogens with two attached hydrogens (primary N) is 1. The van der Waals surface area contributed by atoms with Crippen LogP contribution in [0, 0.1) is 17.2 Å². The molecular weight excluding hydrogens is 332 g/mol. The zero-order valence-electron chi connectivity index (χ0n) is 14.2. The van der Waals surface area contributed by atoms with E-state index in [4.69, 9.17) is 5.73 Å². The molecule has 1 saturated carbocycles. The van der Waals surface area contributed by atoms with Crippen molar-refractivity contribution in [2.75, 3.05) is 12.3 Å². The average molecular weight is 352 g/mol. The summed E-state index contributed by atoms with van der Waals surface area (Å²) in [6.45, 7) is 3.33. The summed E-state index contributed by atoms with van der Waals surface area (Å²) in [5, 5.41) is 9.65. The minimum Gasteiger partial charge on any atom is -0.383 e. The van der Waals surface area contributed by atoms with E-state index in [1.54, 1.807) is 11.3 Å². The number of aromatic nitrogens is 1. The van der Waals surface area contributed by atoms with Crippen LogP contribution in [-0.2, 0) is 24.2 Å². The second kappa shape index (κ2) is 6.16. The van der Waals surface area contributed by atoms with E-state index in [1.807, 2.05) is 4.90 Å². The van der Waals surface area contributed by atoms with E-state index < -0.39 is 0 Å². The molecule has 1 aliphatic heterocycles. The highest BCUT2D eigenvalue weighted by Gasteiger charge is 2.36. The maximum absolute atomic E-state index is 12.5. The summed E-state index contributed by atoms with van der Waals surface area (Å²) in [6.07, 6.45) is 3.66. The number of nitriles is 1. The normalized spacial score (nSPS) is 16.4. The number of amides is 1. The van der Waals surface area contributed by atoms with Crippen molar-refractivity contribution in [1.29, 1.82) is 5.26 Å². The largest absolute Gasteiger partial charge is 0.383 e. The van der Waals surface area contributed by atoms with Crippen LogP contribution in [-0.4, -0.2) is 22.3 Å². The second-order valence-corrected chi connectivity index (χ2v) is 7.86. The van der Waals surface area contributed by atoms with E-state index in [0.717, 1.165) is 41.0 Å². The van der Waals surface area contributed by atoms with Gasteiger partial charge in [0.1, 0.15) is 17.5 Å². The van der Waals surface area contributed by atoms with E-state index in [9.17, 15) is 10.1 Å². The van der Waals surface area contributed by atoms with E-state index in [2.05, 4.69) is 30.1 Å². The Balaban J connectivity index is 1.82. The number of rotatable bonds is 3. The average Bonchev–Trinajstić information content (AvgIpc) is 3.37. The first-order valence-corrected chi connectivity index (χ1v) is 9.53. The zero-order chi connectivity index (χ0) is 17.6. The minimum atomic E-state index is 0.204. The Bertz CT molecular complexity index is 892. The lowest BCUT2D eigenvalue weighted by atomic mass is 9.94. The molecule has 0 saturated heterocycles. The first kappa shape index (κ1) is 16.1. The highest BCUT2D eigenvalue weighted by Crippen LogP contribution is 2.40. The van der Waals surface area contributed by atoms with E-state index in [0.29, 0.717) is 30.9 Å². The topological polar surface area (TPSA) is 83.0 Å². The first-order valence-electron chi connectivity index (χ1n) is 8.71. The van der Waals surface area contributed by atoms with Crippen molar-refractivity contribution in [2.45, 2.75) is 39.2 Å². The molecule has 1 amide bonds. The Hall–Kier alpha value is -2.39. The minimum absolute atomic E-state index is 0.204. The third-order valence-electron chi connectivity index (χ3n) is 4.99. The quantitative estimate of drug-likeness (QED) is 0.920. The van der Waals surface area contributed by atoms with Gasteiger partial charge in [-0.2, -0.15) is 5.26 Å². The highest BCUT2D eigenvalue weighted by molar-refractivity contribution is 7.15. The molecule has 2 N–H and O–H groups in total. The molecule has 128 valence electrons. The molecule has 4 rings (SSSR count). The van der Waals surface area contributed by atoms with Gasteiger partial charge in [-0.15, -0.1) is 11.3 Å². The van der Waals surface area contributed by atoms with Gasteiger partial charge in [0.25, 0.3) is 0 Å². The van der Waals surface area contributed by atoms with Gasteiger partial charge in [-0.3, -0.25) is 4.79 Å². The van der Waals surface area contributed by atoms with Crippen molar-refractivity contribution < 1.29 is 4.79 Å². The van der Waals surface area contributed by atoms with Crippen LogP contribution in [0.15, 0.2) is 12.1 Å². The van der Waals surface area contributed by atoms with Crippen molar-refractivity contribution in [3.05, 3.63) is 33.8 Å². The van der Waals surface area contributed by atoms with Gasteiger partial charge in [-0.05, 0) is 31.4 Å². The number of carbonyl (C=O) groups excluding carboxylic acids is 1. The summed E-state index contributed by atoms with van der Waals surface area (Å²) in [5.41, 5.74) is 9.31. The van der Waals surface area contributed by atoms with Gasteiger partial charge in [0.2, 0.25) is 5.91 Å². The molecule has 2 aliphatic rings. The van der Waals surface area contributed by atoms with Gasteiger partial charge in [0, 0.05) is 46.3 Å². The van der Waals surface area contributed by atoms with E-state index >= 15 is 0 Å². The van der Waals surface area contributed by atoms with Gasteiger partial charge < -0.3 is 10.6 Å². The van der Waals surface area contributed by atoms with Gasteiger partial charge in [0.15, 0.2) is 0 Å². The highest BCUT2D eigenvalue weighted by atomic mass is 32.1. The van der Waals surface area contributed by atoms with E-state index in [1.165, 1.54) is 4.88 Å². The monoisotopic (exact) mass is 352 g/mol. The number of hydrogen-bond acceptors (Lipinski definition) is 5. The zero-order valence-corrected chi connectivity index (χ0v) is 15.0. The predicted molar refractivity (Wildman–Crippen MR) is 97.9 cm³/mol. The van der Waals surface area contributed by atoms with Crippen molar-refractivity contribution >= 4 is 23.1 Å². The van der Waals surface area contributed by atoms with Gasteiger partial charge in [0.05, 0.1) is 5.69 Å². The molecule has 0 atom stereocenters. The van der Waals surface area contributed by atoms with Crippen LogP contribution in [0.5, 0.6) is 0 Å². The lowest BCUT2D eigenvalue weighted by Gasteiger charge is -2.30. The lowest BCUT2D eigenvalue weighted by Crippen LogP contribution is -2.37. The second-order valence-electron chi connectivity index (χ2n) is 6.69. The number of hydrogen-bond donors (Lipinski definition) is 1. The fourth-order valence-corrected chi connectivity index (χ4v) is 4.47. The third-order valence-corrected chi connectivity index (χ3v) is 6.23. The number of nitrogens with zero attached hydrogens (tertiary/aromatic N) is 3. The molecule has 1 aliphatic carbocycles. The van der Waals surface area contributed by atoms with Crippen LogP contribution in [0.1, 0.15) is 41.5 Å². The number of thiophene rings is 1. The molecule has 0 aromatic carbocycles. The van der Waals surface area contributed by atoms with Crippen LogP contribution in [0.3, 0.4) is 0 Å². The number of pyridine rings is 1. The molecule has 2 aromatic heterocycles. The molecule has 0 radical (unpaired) electrons. The summed E-state index contributed by atoms with van der Waals surface area (Å²) >= 11 is 1.69.